The summed E-state index contributed by atoms with van der Waals surface area (Å²) in [6, 6.07) is 4.77. The van der Waals surface area contributed by atoms with E-state index < -0.39 is 11.7 Å². The molecule has 0 aliphatic carbocycles. The van der Waals surface area contributed by atoms with Crippen LogP contribution in [0.25, 0.3) is 0 Å². The SMILES string of the molecule is CC(c1cccc(C(F)(F)F)c1)n1ncc(Br)c1N. The number of hydrogen-bond donors (Lipinski definition) is 1. The van der Waals surface area contributed by atoms with Crippen LogP contribution in [0.4, 0.5) is 19.0 Å². The average Bonchev–Trinajstić information content (AvgIpc) is 2.68. The first kappa shape index (κ1) is 13.9. The largest absolute Gasteiger partial charge is 0.416 e. The number of rotatable bonds is 2. The third kappa shape index (κ3) is 2.75. The molecule has 0 saturated heterocycles. The fraction of sp³-hybridized carbons (Fsp3) is 0.250. The zero-order chi connectivity index (χ0) is 14.2. The van der Waals surface area contributed by atoms with Crippen molar-refractivity contribution < 1.29 is 13.2 Å². The predicted molar refractivity (Wildman–Crippen MR) is 69.6 cm³/mol. The number of anilines is 1. The van der Waals surface area contributed by atoms with Gasteiger partial charge in [-0.3, -0.25) is 0 Å². The second-order valence-corrected chi connectivity index (χ2v) is 4.98. The highest BCUT2D eigenvalue weighted by atomic mass is 79.9. The molecule has 0 aliphatic heterocycles. The maximum Gasteiger partial charge on any atom is 0.416 e. The summed E-state index contributed by atoms with van der Waals surface area (Å²) in [5, 5.41) is 4.05. The number of nitrogen functional groups attached to an aromatic ring is 1. The summed E-state index contributed by atoms with van der Waals surface area (Å²) >= 11 is 3.21. The molecule has 2 aromatic rings. The van der Waals surface area contributed by atoms with E-state index in [1.54, 1.807) is 13.0 Å². The smallest absolute Gasteiger partial charge is 0.383 e. The van der Waals surface area contributed by atoms with E-state index in [9.17, 15) is 13.2 Å². The van der Waals surface area contributed by atoms with Gasteiger partial charge in [-0.05, 0) is 40.5 Å². The number of benzene rings is 1. The molecule has 1 atom stereocenters. The molecule has 102 valence electrons. The van der Waals surface area contributed by atoms with E-state index in [4.69, 9.17) is 5.73 Å². The Kier molecular flexibility index (Phi) is 3.58. The highest BCUT2D eigenvalue weighted by Gasteiger charge is 2.31. The molecule has 19 heavy (non-hydrogen) atoms. The van der Waals surface area contributed by atoms with E-state index in [2.05, 4.69) is 21.0 Å². The lowest BCUT2D eigenvalue weighted by Gasteiger charge is -2.16. The van der Waals surface area contributed by atoms with Crippen LogP contribution in [0.2, 0.25) is 0 Å². The van der Waals surface area contributed by atoms with Gasteiger partial charge in [0.05, 0.1) is 22.3 Å². The van der Waals surface area contributed by atoms with Gasteiger partial charge in [-0.2, -0.15) is 18.3 Å². The van der Waals surface area contributed by atoms with Gasteiger partial charge in [0, 0.05) is 0 Å². The van der Waals surface area contributed by atoms with Gasteiger partial charge in [-0.15, -0.1) is 0 Å². The Labute approximate surface area is 116 Å². The molecule has 7 heteroatoms. The molecule has 0 amide bonds. The number of nitrogens with zero attached hydrogens (tertiary/aromatic N) is 2. The van der Waals surface area contributed by atoms with Gasteiger partial charge in [-0.25, -0.2) is 4.68 Å². The fourth-order valence-corrected chi connectivity index (χ4v) is 2.05. The van der Waals surface area contributed by atoms with E-state index in [0.29, 0.717) is 15.9 Å². The van der Waals surface area contributed by atoms with Crippen LogP contribution in [-0.4, -0.2) is 9.78 Å². The van der Waals surface area contributed by atoms with Crippen LogP contribution in [0, 0.1) is 0 Å². The van der Waals surface area contributed by atoms with Crippen molar-refractivity contribution in [2.45, 2.75) is 19.1 Å². The quantitative estimate of drug-likeness (QED) is 0.906. The van der Waals surface area contributed by atoms with Crippen LogP contribution in [0.3, 0.4) is 0 Å². The van der Waals surface area contributed by atoms with Gasteiger partial charge < -0.3 is 5.73 Å². The van der Waals surface area contributed by atoms with Crippen LogP contribution in [-0.2, 0) is 6.18 Å². The Morgan fingerprint density at radius 2 is 2.05 bits per heavy atom. The van der Waals surface area contributed by atoms with Crippen molar-refractivity contribution in [2.24, 2.45) is 0 Å². The Morgan fingerprint density at radius 3 is 2.58 bits per heavy atom. The van der Waals surface area contributed by atoms with Crippen molar-refractivity contribution in [1.82, 2.24) is 9.78 Å². The Morgan fingerprint density at radius 1 is 1.37 bits per heavy atom. The van der Waals surface area contributed by atoms with Crippen molar-refractivity contribution in [1.29, 1.82) is 0 Å². The van der Waals surface area contributed by atoms with Crippen LogP contribution < -0.4 is 5.73 Å². The lowest BCUT2D eigenvalue weighted by molar-refractivity contribution is -0.137. The number of nitrogens with two attached hydrogens (primary N) is 1. The molecule has 3 nitrogen and oxygen atoms in total. The summed E-state index contributed by atoms with van der Waals surface area (Å²) < 4.78 is 40.1. The molecule has 1 aromatic heterocycles. The van der Waals surface area contributed by atoms with Gasteiger partial charge in [0.25, 0.3) is 0 Å². The fourth-order valence-electron chi connectivity index (χ4n) is 1.78. The standard InChI is InChI=1S/C12H11BrF3N3/c1-7(19-11(17)10(13)6-18-19)8-3-2-4-9(5-8)12(14,15)16/h2-7H,17H2,1H3. The molecular formula is C12H11BrF3N3. The van der Waals surface area contributed by atoms with Crippen LogP contribution in [0.1, 0.15) is 24.1 Å². The highest BCUT2D eigenvalue weighted by Crippen LogP contribution is 2.32. The van der Waals surface area contributed by atoms with Crippen molar-refractivity contribution in [3.63, 3.8) is 0 Å². The second-order valence-electron chi connectivity index (χ2n) is 4.12. The number of alkyl halides is 3. The summed E-state index contributed by atoms with van der Waals surface area (Å²) in [6.45, 7) is 1.74. The maximum atomic E-state index is 12.7. The number of hydrogen-bond acceptors (Lipinski definition) is 2. The topological polar surface area (TPSA) is 43.8 Å². The maximum absolute atomic E-state index is 12.7. The van der Waals surface area contributed by atoms with Gasteiger partial charge in [-0.1, -0.05) is 12.1 Å². The molecule has 0 radical (unpaired) electrons. The third-order valence-corrected chi connectivity index (χ3v) is 3.46. The normalized spacial score (nSPS) is 13.5. The Hall–Kier alpha value is -1.50. The molecule has 1 aromatic carbocycles. The molecule has 0 bridgehead atoms. The summed E-state index contributed by atoms with van der Waals surface area (Å²) in [4.78, 5) is 0. The van der Waals surface area contributed by atoms with E-state index in [-0.39, 0.29) is 6.04 Å². The molecule has 2 rings (SSSR count). The van der Waals surface area contributed by atoms with Crippen LogP contribution in [0.15, 0.2) is 34.9 Å². The first-order chi connectivity index (χ1) is 8.80. The minimum atomic E-state index is -4.36. The lowest BCUT2D eigenvalue weighted by Crippen LogP contribution is -2.13. The molecular weight excluding hydrogens is 323 g/mol. The van der Waals surface area contributed by atoms with Crippen molar-refractivity contribution in [2.75, 3.05) is 5.73 Å². The van der Waals surface area contributed by atoms with Gasteiger partial charge in [0.1, 0.15) is 5.82 Å². The lowest BCUT2D eigenvalue weighted by atomic mass is 10.1. The molecule has 2 N–H and O–H groups in total. The highest BCUT2D eigenvalue weighted by molar-refractivity contribution is 9.10. The van der Waals surface area contributed by atoms with Gasteiger partial charge in [0.2, 0.25) is 0 Å². The zero-order valence-electron chi connectivity index (χ0n) is 9.95. The third-order valence-electron chi connectivity index (χ3n) is 2.85. The van der Waals surface area contributed by atoms with E-state index in [1.165, 1.54) is 16.9 Å². The predicted octanol–water partition coefficient (Wildman–Crippen LogP) is 3.86. The molecule has 0 aliphatic rings. The Bertz CT molecular complexity index is 592. The molecule has 0 saturated carbocycles. The first-order valence-electron chi connectivity index (χ1n) is 5.46. The van der Waals surface area contributed by atoms with Crippen molar-refractivity contribution in [3.8, 4) is 0 Å². The Balaban J connectivity index is 2.40. The number of aromatic nitrogens is 2. The molecule has 0 fully saturated rings. The van der Waals surface area contributed by atoms with Crippen molar-refractivity contribution >= 4 is 21.7 Å². The summed E-state index contributed by atoms with van der Waals surface area (Å²) in [6.07, 6.45) is -2.84. The minimum Gasteiger partial charge on any atom is -0.383 e. The second kappa shape index (κ2) is 4.88. The van der Waals surface area contributed by atoms with E-state index in [1.807, 2.05) is 0 Å². The zero-order valence-corrected chi connectivity index (χ0v) is 11.5. The summed E-state index contributed by atoms with van der Waals surface area (Å²) in [5.74, 6) is 0.380. The summed E-state index contributed by atoms with van der Waals surface area (Å²) in [7, 11) is 0. The van der Waals surface area contributed by atoms with Crippen LogP contribution >= 0.6 is 15.9 Å². The molecule has 0 spiro atoms. The van der Waals surface area contributed by atoms with Gasteiger partial charge in [0.15, 0.2) is 0 Å². The van der Waals surface area contributed by atoms with Crippen molar-refractivity contribution in [3.05, 3.63) is 46.1 Å². The number of halogens is 4. The molecule has 1 heterocycles. The van der Waals surface area contributed by atoms with Crippen LogP contribution in [0.5, 0.6) is 0 Å². The monoisotopic (exact) mass is 333 g/mol. The van der Waals surface area contributed by atoms with E-state index >= 15 is 0 Å². The molecule has 1 unspecified atom stereocenters. The first-order valence-corrected chi connectivity index (χ1v) is 6.25. The minimum absolute atomic E-state index is 0.380. The van der Waals surface area contributed by atoms with E-state index in [0.717, 1.165) is 12.1 Å². The van der Waals surface area contributed by atoms with Gasteiger partial charge >= 0.3 is 6.18 Å². The average molecular weight is 334 g/mol. The summed E-state index contributed by atoms with van der Waals surface area (Å²) in [5.41, 5.74) is 5.61.